The molecule has 0 saturated carbocycles. The highest BCUT2D eigenvalue weighted by Crippen LogP contribution is 2.09. The zero-order chi connectivity index (χ0) is 19.3. The minimum atomic E-state index is 0. The minimum absolute atomic E-state index is 0. The summed E-state index contributed by atoms with van der Waals surface area (Å²) < 4.78 is 3.56. The molecule has 6 heteroatoms. The van der Waals surface area contributed by atoms with Gasteiger partial charge in [0.05, 0.1) is 12.7 Å². The first kappa shape index (κ1) is 31.6. The molecule has 162 valence electrons. The van der Waals surface area contributed by atoms with Gasteiger partial charge in [-0.2, -0.15) is 0 Å². The summed E-state index contributed by atoms with van der Waals surface area (Å²) in [5.74, 6) is 0. The molecule has 0 aliphatic heterocycles. The van der Waals surface area contributed by atoms with Crippen LogP contribution in [0, 0.1) is 0 Å². The molecule has 0 atom stereocenters. The smallest absolute Gasteiger partial charge is 0.0986 e. The van der Waals surface area contributed by atoms with Gasteiger partial charge in [0, 0.05) is 37.2 Å². The van der Waals surface area contributed by atoms with Gasteiger partial charge in [-0.05, 0) is 0 Å². The Kier molecular flexibility index (Phi) is 29.1. The van der Waals surface area contributed by atoms with Gasteiger partial charge in [-0.15, -0.1) is 34.0 Å². The van der Waals surface area contributed by atoms with Crippen molar-refractivity contribution in [1.29, 1.82) is 0 Å². The van der Waals surface area contributed by atoms with Crippen LogP contribution in [0.4, 0.5) is 0 Å². The molecule has 0 bridgehead atoms. The number of hydrogen-bond acceptors (Lipinski definition) is 2. The predicted molar refractivity (Wildman–Crippen MR) is 135 cm³/mol. The predicted octanol–water partition coefficient (Wildman–Crippen LogP) is 8.05. The minimum Gasteiger partial charge on any atom is -0.314 e. The third kappa shape index (κ3) is 21.2. The van der Waals surface area contributed by atoms with E-state index in [2.05, 4.69) is 37.0 Å². The maximum atomic E-state index is 3.78. The molecule has 0 N–H and O–H groups in total. The molecule has 0 aliphatic rings. The van der Waals surface area contributed by atoms with Crippen LogP contribution in [-0.4, -0.2) is 19.1 Å². The Hall–Kier alpha value is -1.14. The zero-order valence-corrected chi connectivity index (χ0v) is 21.1. The Bertz CT molecular complexity index is 462. The highest BCUT2D eigenvalue weighted by Gasteiger charge is 1.90. The SMILES string of the molecule is Br.Br.C=Cn1ccnc1.C=Cn1ccnc1.CCCCCCCCCCCC. The van der Waals surface area contributed by atoms with Gasteiger partial charge in [0.2, 0.25) is 0 Å². The van der Waals surface area contributed by atoms with Gasteiger partial charge in [0.25, 0.3) is 0 Å². The summed E-state index contributed by atoms with van der Waals surface area (Å²) in [4.78, 5) is 7.57. The maximum absolute atomic E-state index is 3.78. The summed E-state index contributed by atoms with van der Waals surface area (Å²) in [6.45, 7) is 11.6. The number of imidazole rings is 2. The Morgan fingerprint density at radius 2 is 0.964 bits per heavy atom. The second-order valence-corrected chi connectivity index (χ2v) is 6.21. The molecule has 0 radical (unpaired) electrons. The lowest BCUT2D eigenvalue weighted by atomic mass is 10.1. The van der Waals surface area contributed by atoms with Crippen molar-refractivity contribution in [2.75, 3.05) is 0 Å². The molecule has 0 amide bonds. The van der Waals surface area contributed by atoms with Crippen LogP contribution in [0.1, 0.15) is 78.1 Å². The molecule has 2 aromatic heterocycles. The molecule has 0 fully saturated rings. The lowest BCUT2D eigenvalue weighted by Crippen LogP contribution is -1.80. The van der Waals surface area contributed by atoms with E-state index in [-0.39, 0.29) is 34.0 Å². The summed E-state index contributed by atoms with van der Waals surface area (Å²) in [5, 5.41) is 0. The highest BCUT2D eigenvalue weighted by atomic mass is 79.9. The third-order valence-corrected chi connectivity index (χ3v) is 3.93. The second kappa shape index (κ2) is 25.9. The number of aromatic nitrogens is 4. The van der Waals surface area contributed by atoms with Crippen molar-refractivity contribution in [3.05, 3.63) is 50.6 Å². The monoisotopic (exact) mass is 518 g/mol. The van der Waals surface area contributed by atoms with E-state index in [1.807, 2.05) is 12.4 Å². The van der Waals surface area contributed by atoms with E-state index in [9.17, 15) is 0 Å². The van der Waals surface area contributed by atoms with Crippen LogP contribution in [0.5, 0.6) is 0 Å². The Balaban J connectivity index is -0.000000339. The van der Waals surface area contributed by atoms with Gasteiger partial charge < -0.3 is 9.13 Å². The van der Waals surface area contributed by atoms with Crippen molar-refractivity contribution in [2.24, 2.45) is 0 Å². The summed E-state index contributed by atoms with van der Waals surface area (Å²) in [6, 6.07) is 0. The zero-order valence-electron chi connectivity index (χ0n) is 17.7. The van der Waals surface area contributed by atoms with E-state index in [0.29, 0.717) is 0 Å². The van der Waals surface area contributed by atoms with Gasteiger partial charge in [-0.3, -0.25) is 0 Å². The van der Waals surface area contributed by atoms with E-state index in [0.717, 1.165) is 0 Å². The summed E-state index contributed by atoms with van der Waals surface area (Å²) in [5.41, 5.74) is 0. The molecule has 0 saturated heterocycles. The number of unbranched alkanes of at least 4 members (excludes halogenated alkanes) is 9. The van der Waals surface area contributed by atoms with Crippen molar-refractivity contribution in [2.45, 2.75) is 78.1 Å². The fraction of sp³-hybridized carbons (Fsp3) is 0.545. The molecule has 28 heavy (non-hydrogen) atoms. The van der Waals surface area contributed by atoms with Gasteiger partial charge in [-0.1, -0.05) is 91.2 Å². The largest absolute Gasteiger partial charge is 0.314 e. The van der Waals surface area contributed by atoms with Crippen LogP contribution in [0.15, 0.2) is 50.6 Å². The van der Waals surface area contributed by atoms with Crippen molar-refractivity contribution < 1.29 is 0 Å². The van der Waals surface area contributed by atoms with Crippen LogP contribution < -0.4 is 0 Å². The highest BCUT2D eigenvalue weighted by molar-refractivity contribution is 8.93. The molecule has 4 nitrogen and oxygen atoms in total. The number of hydrogen-bond donors (Lipinski definition) is 0. The molecule has 2 heterocycles. The van der Waals surface area contributed by atoms with Crippen molar-refractivity contribution in [3.63, 3.8) is 0 Å². The first-order valence-corrected chi connectivity index (χ1v) is 9.98. The van der Waals surface area contributed by atoms with Crippen LogP contribution in [-0.2, 0) is 0 Å². The number of halogens is 2. The maximum Gasteiger partial charge on any atom is 0.0986 e. The molecule has 0 aliphatic carbocycles. The van der Waals surface area contributed by atoms with Gasteiger partial charge in [0.1, 0.15) is 0 Å². The van der Waals surface area contributed by atoms with E-state index in [1.54, 1.807) is 46.6 Å². The lowest BCUT2D eigenvalue weighted by Gasteiger charge is -1.99. The first-order chi connectivity index (χ1) is 12.8. The van der Waals surface area contributed by atoms with Gasteiger partial charge in [-0.25, -0.2) is 9.97 Å². The summed E-state index contributed by atoms with van der Waals surface area (Å²) in [6.07, 6.45) is 28.3. The number of rotatable bonds is 11. The van der Waals surface area contributed by atoms with Crippen LogP contribution in [0.2, 0.25) is 0 Å². The lowest BCUT2D eigenvalue weighted by molar-refractivity contribution is 0.562. The van der Waals surface area contributed by atoms with E-state index < -0.39 is 0 Å². The van der Waals surface area contributed by atoms with Crippen molar-refractivity contribution in [3.8, 4) is 0 Å². The molecular formula is C22H40Br2N4. The topological polar surface area (TPSA) is 35.6 Å². The second-order valence-electron chi connectivity index (χ2n) is 6.21. The fourth-order valence-electron chi connectivity index (χ4n) is 2.32. The quantitative estimate of drug-likeness (QED) is 0.281. The summed E-state index contributed by atoms with van der Waals surface area (Å²) in [7, 11) is 0. The van der Waals surface area contributed by atoms with E-state index in [4.69, 9.17) is 0 Å². The van der Waals surface area contributed by atoms with Crippen molar-refractivity contribution in [1.82, 2.24) is 19.1 Å². The molecule has 0 spiro atoms. The average molecular weight is 520 g/mol. The van der Waals surface area contributed by atoms with E-state index in [1.165, 1.54) is 64.2 Å². The fourth-order valence-corrected chi connectivity index (χ4v) is 2.32. The molecule has 2 aromatic rings. The third-order valence-electron chi connectivity index (χ3n) is 3.93. The van der Waals surface area contributed by atoms with Crippen molar-refractivity contribution >= 4 is 46.4 Å². The molecule has 0 unspecified atom stereocenters. The Morgan fingerprint density at radius 1 is 0.643 bits per heavy atom. The first-order valence-electron chi connectivity index (χ1n) is 9.98. The Labute approximate surface area is 193 Å². The molecule has 2 rings (SSSR count). The van der Waals surface area contributed by atoms with Gasteiger partial charge in [0.15, 0.2) is 0 Å². The molecular weight excluding hydrogens is 480 g/mol. The normalized spacial score (nSPS) is 8.79. The number of nitrogens with zero attached hydrogens (tertiary/aromatic N) is 4. The average Bonchev–Trinajstić information content (AvgIpc) is 3.38. The molecule has 0 aromatic carbocycles. The van der Waals surface area contributed by atoms with Gasteiger partial charge >= 0.3 is 0 Å². The Morgan fingerprint density at radius 3 is 1.14 bits per heavy atom. The van der Waals surface area contributed by atoms with Crippen LogP contribution >= 0.6 is 34.0 Å². The van der Waals surface area contributed by atoms with E-state index >= 15 is 0 Å². The van der Waals surface area contributed by atoms with Crippen LogP contribution in [0.3, 0.4) is 0 Å². The van der Waals surface area contributed by atoms with Crippen LogP contribution in [0.25, 0.3) is 12.4 Å². The standard InChI is InChI=1S/C12H26.2C5H6N2.2BrH/c1-3-5-7-9-11-12-10-8-6-4-2;2*1-2-7-4-3-6-5-7;;/h3-12H2,1-2H3;2*2-5H,1H2;2*1H. The summed E-state index contributed by atoms with van der Waals surface area (Å²) >= 11 is 0.